The SMILES string of the molecule is CC(NC(=O)C1CCN(C(=O)OC(C)(C)C)CC1)C(=O)O. The van der Waals surface area contributed by atoms with E-state index < -0.39 is 17.6 Å². The van der Waals surface area contributed by atoms with Crippen molar-refractivity contribution in [2.24, 2.45) is 5.92 Å². The van der Waals surface area contributed by atoms with E-state index in [0.717, 1.165) is 0 Å². The number of amides is 2. The molecule has 1 saturated heterocycles. The van der Waals surface area contributed by atoms with Gasteiger partial charge >= 0.3 is 12.1 Å². The summed E-state index contributed by atoms with van der Waals surface area (Å²) in [6.07, 6.45) is 0.648. The Balaban J connectivity index is 2.43. The molecule has 0 aromatic heterocycles. The third kappa shape index (κ3) is 5.61. The minimum Gasteiger partial charge on any atom is -0.480 e. The Bertz CT molecular complexity index is 408. The number of nitrogens with one attached hydrogen (secondary N) is 1. The van der Waals surface area contributed by atoms with Crippen molar-refractivity contribution in [3.8, 4) is 0 Å². The largest absolute Gasteiger partial charge is 0.480 e. The zero-order valence-corrected chi connectivity index (χ0v) is 13.0. The van der Waals surface area contributed by atoms with Crippen molar-refractivity contribution in [2.75, 3.05) is 13.1 Å². The lowest BCUT2D eigenvalue weighted by Gasteiger charge is -2.33. The van der Waals surface area contributed by atoms with Crippen LogP contribution in [0, 0.1) is 5.92 Å². The summed E-state index contributed by atoms with van der Waals surface area (Å²) in [5.41, 5.74) is -0.539. The first-order valence-corrected chi connectivity index (χ1v) is 7.11. The van der Waals surface area contributed by atoms with Crippen LogP contribution in [0.25, 0.3) is 0 Å². The number of hydrogen-bond donors (Lipinski definition) is 2. The third-order valence-corrected chi connectivity index (χ3v) is 3.25. The Hall–Kier alpha value is -1.79. The number of hydrogen-bond acceptors (Lipinski definition) is 4. The molecule has 0 radical (unpaired) electrons. The lowest BCUT2D eigenvalue weighted by atomic mass is 9.96. The molecule has 7 heteroatoms. The van der Waals surface area contributed by atoms with Crippen molar-refractivity contribution < 1.29 is 24.2 Å². The molecule has 21 heavy (non-hydrogen) atoms. The number of ether oxygens (including phenoxy) is 1. The maximum Gasteiger partial charge on any atom is 0.410 e. The summed E-state index contributed by atoms with van der Waals surface area (Å²) in [6, 6.07) is -0.901. The summed E-state index contributed by atoms with van der Waals surface area (Å²) in [6.45, 7) is 7.72. The Labute approximate surface area is 124 Å². The fraction of sp³-hybridized carbons (Fsp3) is 0.786. The molecule has 2 N–H and O–H groups in total. The van der Waals surface area contributed by atoms with Crippen LogP contribution in [0.5, 0.6) is 0 Å². The van der Waals surface area contributed by atoms with E-state index in [0.29, 0.717) is 25.9 Å². The standard InChI is InChI=1S/C14H24N2O5/c1-9(12(18)19)15-11(17)10-5-7-16(8-6-10)13(20)21-14(2,3)4/h9-10H,5-8H2,1-4H3,(H,15,17)(H,18,19). The summed E-state index contributed by atoms with van der Waals surface area (Å²) in [4.78, 5) is 36.1. The van der Waals surface area contributed by atoms with Gasteiger partial charge in [0.15, 0.2) is 0 Å². The maximum absolute atomic E-state index is 11.9. The monoisotopic (exact) mass is 300 g/mol. The Morgan fingerprint density at radius 3 is 2.19 bits per heavy atom. The molecular weight excluding hydrogens is 276 g/mol. The molecule has 1 heterocycles. The highest BCUT2D eigenvalue weighted by Gasteiger charge is 2.30. The first-order chi connectivity index (χ1) is 9.60. The van der Waals surface area contributed by atoms with E-state index in [9.17, 15) is 14.4 Å². The smallest absolute Gasteiger partial charge is 0.410 e. The van der Waals surface area contributed by atoms with E-state index in [4.69, 9.17) is 9.84 Å². The van der Waals surface area contributed by atoms with E-state index >= 15 is 0 Å². The highest BCUT2D eigenvalue weighted by Crippen LogP contribution is 2.20. The molecule has 0 spiro atoms. The Morgan fingerprint density at radius 2 is 1.76 bits per heavy atom. The lowest BCUT2D eigenvalue weighted by molar-refractivity contribution is -0.142. The van der Waals surface area contributed by atoms with Gasteiger partial charge in [0.05, 0.1) is 0 Å². The Morgan fingerprint density at radius 1 is 1.24 bits per heavy atom. The number of carboxylic acid groups (broad SMARTS) is 1. The predicted octanol–water partition coefficient (Wildman–Crippen LogP) is 1.22. The molecule has 0 saturated carbocycles. The van der Waals surface area contributed by atoms with Gasteiger partial charge in [-0.05, 0) is 40.5 Å². The summed E-state index contributed by atoms with van der Waals surface area (Å²) in [7, 11) is 0. The van der Waals surface area contributed by atoms with Crippen LogP contribution < -0.4 is 5.32 Å². The second-order valence-corrected chi connectivity index (χ2v) is 6.31. The van der Waals surface area contributed by atoms with Gasteiger partial charge < -0.3 is 20.1 Å². The number of piperidine rings is 1. The second kappa shape index (κ2) is 6.78. The van der Waals surface area contributed by atoms with Crippen LogP contribution in [0.15, 0.2) is 0 Å². The van der Waals surface area contributed by atoms with E-state index in [1.165, 1.54) is 6.92 Å². The number of carbonyl (C=O) groups excluding carboxylic acids is 2. The van der Waals surface area contributed by atoms with Gasteiger partial charge in [-0.2, -0.15) is 0 Å². The predicted molar refractivity (Wildman–Crippen MR) is 75.8 cm³/mol. The van der Waals surface area contributed by atoms with Gasteiger partial charge in [-0.25, -0.2) is 4.79 Å². The van der Waals surface area contributed by atoms with Gasteiger partial charge in [0.2, 0.25) is 5.91 Å². The van der Waals surface area contributed by atoms with Gasteiger partial charge in [-0.15, -0.1) is 0 Å². The molecule has 7 nitrogen and oxygen atoms in total. The van der Waals surface area contributed by atoms with Crippen LogP contribution in [-0.4, -0.2) is 52.7 Å². The van der Waals surface area contributed by atoms with Crippen LogP contribution in [0.3, 0.4) is 0 Å². The van der Waals surface area contributed by atoms with Crippen LogP contribution >= 0.6 is 0 Å². The van der Waals surface area contributed by atoms with E-state index in [-0.39, 0.29) is 17.9 Å². The minimum absolute atomic E-state index is 0.259. The van der Waals surface area contributed by atoms with Crippen molar-refractivity contribution >= 4 is 18.0 Å². The van der Waals surface area contributed by atoms with E-state index in [1.807, 2.05) is 0 Å². The summed E-state index contributed by atoms with van der Waals surface area (Å²) in [5, 5.41) is 11.2. The van der Waals surface area contributed by atoms with Gasteiger partial charge in [0.1, 0.15) is 11.6 Å². The summed E-state index contributed by atoms with van der Waals surface area (Å²) < 4.78 is 5.28. The number of nitrogens with zero attached hydrogens (tertiary/aromatic N) is 1. The van der Waals surface area contributed by atoms with Gasteiger partial charge in [-0.1, -0.05) is 0 Å². The first-order valence-electron chi connectivity index (χ1n) is 7.11. The Kier molecular flexibility index (Phi) is 5.57. The molecule has 0 aromatic rings. The van der Waals surface area contributed by atoms with Crippen molar-refractivity contribution in [1.82, 2.24) is 10.2 Å². The van der Waals surface area contributed by atoms with Gasteiger partial charge in [0.25, 0.3) is 0 Å². The fourth-order valence-corrected chi connectivity index (χ4v) is 2.04. The zero-order valence-electron chi connectivity index (χ0n) is 13.0. The van der Waals surface area contributed by atoms with Crippen LogP contribution in [0.4, 0.5) is 4.79 Å². The average molecular weight is 300 g/mol. The van der Waals surface area contributed by atoms with Crippen molar-refractivity contribution in [3.05, 3.63) is 0 Å². The minimum atomic E-state index is -1.06. The van der Waals surface area contributed by atoms with Crippen LogP contribution in [-0.2, 0) is 14.3 Å². The van der Waals surface area contributed by atoms with Crippen molar-refractivity contribution in [2.45, 2.75) is 52.2 Å². The molecule has 0 bridgehead atoms. The lowest BCUT2D eigenvalue weighted by Crippen LogP contribution is -2.47. The maximum atomic E-state index is 11.9. The van der Waals surface area contributed by atoms with Crippen LogP contribution in [0.2, 0.25) is 0 Å². The quantitative estimate of drug-likeness (QED) is 0.817. The molecule has 1 fully saturated rings. The molecule has 1 atom stereocenters. The molecule has 1 rings (SSSR count). The zero-order chi connectivity index (χ0) is 16.2. The molecule has 1 aliphatic heterocycles. The van der Waals surface area contributed by atoms with Gasteiger partial charge in [-0.3, -0.25) is 9.59 Å². The average Bonchev–Trinajstić information content (AvgIpc) is 2.36. The van der Waals surface area contributed by atoms with Gasteiger partial charge in [0, 0.05) is 19.0 Å². The number of carbonyl (C=O) groups is 3. The molecule has 1 unspecified atom stereocenters. The number of aliphatic carboxylic acids is 1. The second-order valence-electron chi connectivity index (χ2n) is 6.31. The third-order valence-electron chi connectivity index (χ3n) is 3.25. The van der Waals surface area contributed by atoms with E-state index in [2.05, 4.69) is 5.32 Å². The topological polar surface area (TPSA) is 95.9 Å². The number of carboxylic acids is 1. The highest BCUT2D eigenvalue weighted by atomic mass is 16.6. The first kappa shape index (κ1) is 17.3. The molecular formula is C14H24N2O5. The molecule has 0 aromatic carbocycles. The molecule has 0 aliphatic carbocycles. The summed E-state index contributed by atoms with van der Waals surface area (Å²) in [5.74, 6) is -1.59. The molecule has 120 valence electrons. The molecule has 2 amide bonds. The summed E-state index contributed by atoms with van der Waals surface area (Å²) >= 11 is 0. The number of rotatable bonds is 3. The van der Waals surface area contributed by atoms with E-state index in [1.54, 1.807) is 25.7 Å². The van der Waals surface area contributed by atoms with Crippen molar-refractivity contribution in [3.63, 3.8) is 0 Å². The van der Waals surface area contributed by atoms with Crippen LogP contribution in [0.1, 0.15) is 40.5 Å². The number of likely N-dealkylation sites (tertiary alicyclic amines) is 1. The molecule has 1 aliphatic rings. The fourth-order valence-electron chi connectivity index (χ4n) is 2.04. The van der Waals surface area contributed by atoms with Crippen molar-refractivity contribution in [1.29, 1.82) is 0 Å². The highest BCUT2D eigenvalue weighted by molar-refractivity contribution is 5.84. The normalized spacial score (nSPS) is 18.0.